The van der Waals surface area contributed by atoms with Crippen molar-refractivity contribution < 1.29 is 4.74 Å². The molecule has 1 rings (SSSR count). The van der Waals surface area contributed by atoms with Crippen LogP contribution in [-0.4, -0.2) is 12.2 Å². The van der Waals surface area contributed by atoms with Crippen LogP contribution in [0.3, 0.4) is 0 Å². The maximum Gasteiger partial charge on any atom is 0.110 e. The number of rotatable bonds is 4. The van der Waals surface area contributed by atoms with Gasteiger partial charge in [0.05, 0.1) is 6.10 Å². The van der Waals surface area contributed by atoms with E-state index < -0.39 is 0 Å². The molecule has 14 heavy (non-hydrogen) atoms. The molecule has 1 saturated heterocycles. The zero-order chi connectivity index (χ0) is 10.9. The van der Waals surface area contributed by atoms with Gasteiger partial charge in [-0.1, -0.05) is 30.3 Å². The summed E-state index contributed by atoms with van der Waals surface area (Å²) in [6.45, 7) is 11.8. The van der Waals surface area contributed by atoms with E-state index in [1.54, 1.807) is 0 Å². The zero-order valence-electron chi connectivity index (χ0n) is 8.44. The quantitative estimate of drug-likeness (QED) is 0.429. The number of ether oxygens (including phenoxy) is 1. The highest BCUT2D eigenvalue weighted by Crippen LogP contribution is 2.40. The van der Waals surface area contributed by atoms with Gasteiger partial charge >= 0.3 is 0 Å². The van der Waals surface area contributed by atoms with Gasteiger partial charge in [0.1, 0.15) is 6.10 Å². The molecule has 0 amide bonds. The van der Waals surface area contributed by atoms with Crippen molar-refractivity contribution in [3.8, 4) is 0 Å². The van der Waals surface area contributed by atoms with Gasteiger partial charge in [-0.25, -0.2) is 0 Å². The van der Waals surface area contributed by atoms with E-state index in [9.17, 15) is 0 Å². The van der Waals surface area contributed by atoms with Crippen molar-refractivity contribution in [1.82, 2.24) is 0 Å². The van der Waals surface area contributed by atoms with Crippen LogP contribution in [-0.2, 0) is 4.74 Å². The van der Waals surface area contributed by atoms with E-state index in [0.717, 1.165) is 10.0 Å². The van der Waals surface area contributed by atoms with Gasteiger partial charge in [0.25, 0.3) is 0 Å². The zero-order valence-corrected chi connectivity index (χ0v) is 11.4. The molecule has 0 aliphatic carbocycles. The molecule has 2 atom stereocenters. The Balaban J connectivity index is 2.65. The van der Waals surface area contributed by atoms with E-state index in [0.29, 0.717) is 5.03 Å². The molecule has 1 nitrogen and oxygen atoms in total. The average molecular weight is 325 g/mol. The number of halogens is 2. The normalized spacial score (nSPS) is 24.3. The molecule has 1 fully saturated rings. The molecule has 0 aromatic rings. The largest absolute Gasteiger partial charge is 0.364 e. The van der Waals surface area contributed by atoms with Crippen LogP contribution in [0.1, 0.15) is 20.3 Å². The maximum atomic E-state index is 5.73. The van der Waals surface area contributed by atoms with Crippen LogP contribution in [0.25, 0.3) is 0 Å². The fourth-order valence-electron chi connectivity index (χ4n) is 1.48. The van der Waals surface area contributed by atoms with Crippen LogP contribution in [0.5, 0.6) is 0 Å². The SMILES string of the molecule is C=C(Cl)CC1OC1C(C(=C)I)=C(C)C. The Morgan fingerprint density at radius 2 is 2.00 bits per heavy atom. The number of allylic oxidation sites excluding steroid dienone is 1. The van der Waals surface area contributed by atoms with Crippen molar-refractivity contribution in [2.24, 2.45) is 0 Å². The summed E-state index contributed by atoms with van der Waals surface area (Å²) in [6, 6.07) is 0. The molecule has 1 aliphatic rings. The van der Waals surface area contributed by atoms with Crippen LogP contribution >= 0.6 is 34.2 Å². The number of hydrogen-bond donors (Lipinski definition) is 0. The highest BCUT2D eigenvalue weighted by Gasteiger charge is 2.42. The second-order valence-electron chi connectivity index (χ2n) is 3.64. The summed E-state index contributed by atoms with van der Waals surface area (Å²) < 4.78 is 6.59. The molecule has 0 N–H and O–H groups in total. The van der Waals surface area contributed by atoms with Crippen molar-refractivity contribution in [2.75, 3.05) is 0 Å². The first-order valence-corrected chi connectivity index (χ1v) is 5.90. The minimum absolute atomic E-state index is 0.180. The van der Waals surface area contributed by atoms with E-state index in [-0.39, 0.29) is 12.2 Å². The summed E-state index contributed by atoms with van der Waals surface area (Å²) in [7, 11) is 0. The van der Waals surface area contributed by atoms with E-state index >= 15 is 0 Å². The monoisotopic (exact) mass is 324 g/mol. The maximum absolute atomic E-state index is 5.73. The van der Waals surface area contributed by atoms with Crippen LogP contribution in [0.15, 0.2) is 32.9 Å². The first-order valence-electron chi connectivity index (χ1n) is 4.44. The Kier molecular flexibility index (Phi) is 4.22. The van der Waals surface area contributed by atoms with E-state index in [1.807, 2.05) is 0 Å². The van der Waals surface area contributed by atoms with Crippen LogP contribution in [0.4, 0.5) is 0 Å². The fourth-order valence-corrected chi connectivity index (χ4v) is 2.48. The smallest absolute Gasteiger partial charge is 0.110 e. The summed E-state index contributed by atoms with van der Waals surface area (Å²) >= 11 is 7.96. The van der Waals surface area contributed by atoms with Gasteiger partial charge < -0.3 is 4.74 Å². The predicted molar refractivity (Wildman–Crippen MR) is 69.8 cm³/mol. The summed E-state index contributed by atoms with van der Waals surface area (Å²) in [6.07, 6.45) is 1.11. The van der Waals surface area contributed by atoms with Gasteiger partial charge in [-0.2, -0.15) is 0 Å². The van der Waals surface area contributed by atoms with Gasteiger partial charge in [-0.15, -0.1) is 0 Å². The summed E-state index contributed by atoms with van der Waals surface area (Å²) in [5.41, 5.74) is 2.48. The highest BCUT2D eigenvalue weighted by atomic mass is 127. The standard InChI is InChI=1S/C11H14ClIO/c1-6(2)10(8(4)13)11-9(14-11)5-7(3)12/h9,11H,3-5H2,1-2H3. The van der Waals surface area contributed by atoms with Gasteiger partial charge in [0.15, 0.2) is 0 Å². The topological polar surface area (TPSA) is 12.5 Å². The van der Waals surface area contributed by atoms with Crippen LogP contribution in [0, 0.1) is 0 Å². The Bertz CT molecular complexity index is 302. The lowest BCUT2D eigenvalue weighted by Crippen LogP contribution is -2.00. The molecule has 1 aliphatic heterocycles. The second kappa shape index (κ2) is 4.81. The van der Waals surface area contributed by atoms with Crippen molar-refractivity contribution in [3.63, 3.8) is 0 Å². The molecule has 0 radical (unpaired) electrons. The second-order valence-corrected chi connectivity index (χ2v) is 5.47. The van der Waals surface area contributed by atoms with E-state index in [1.165, 1.54) is 11.1 Å². The first kappa shape index (κ1) is 12.3. The Hall–Kier alpha value is 0.200. The fraction of sp³-hybridized carbons (Fsp3) is 0.455. The van der Waals surface area contributed by atoms with E-state index in [2.05, 4.69) is 49.6 Å². The van der Waals surface area contributed by atoms with Gasteiger partial charge in [-0.05, 0) is 42.0 Å². The molecule has 0 aromatic carbocycles. The highest BCUT2D eigenvalue weighted by molar-refractivity contribution is 14.1. The third-order valence-corrected chi connectivity index (χ3v) is 2.86. The minimum atomic E-state index is 0.180. The molecule has 3 heteroatoms. The molecule has 0 bridgehead atoms. The summed E-state index contributed by atoms with van der Waals surface area (Å²) in [5.74, 6) is 0. The number of epoxide rings is 1. The third-order valence-electron chi connectivity index (χ3n) is 2.12. The van der Waals surface area contributed by atoms with Crippen molar-refractivity contribution in [2.45, 2.75) is 32.5 Å². The lowest BCUT2D eigenvalue weighted by Gasteiger charge is -2.04. The average Bonchev–Trinajstić information content (AvgIpc) is 2.64. The minimum Gasteiger partial charge on any atom is -0.364 e. The van der Waals surface area contributed by atoms with Crippen LogP contribution in [0.2, 0.25) is 0 Å². The molecule has 0 aromatic heterocycles. The van der Waals surface area contributed by atoms with Gasteiger partial charge in [-0.3, -0.25) is 0 Å². The van der Waals surface area contributed by atoms with Crippen molar-refractivity contribution in [3.05, 3.63) is 32.9 Å². The third kappa shape index (κ3) is 3.11. The van der Waals surface area contributed by atoms with E-state index in [4.69, 9.17) is 16.3 Å². The molecular formula is C11H14ClIO. The lowest BCUT2D eigenvalue weighted by molar-refractivity contribution is 0.385. The van der Waals surface area contributed by atoms with Gasteiger partial charge in [0, 0.05) is 15.0 Å². The van der Waals surface area contributed by atoms with Gasteiger partial charge in [0.2, 0.25) is 0 Å². The number of hydrogen-bond acceptors (Lipinski definition) is 1. The molecule has 78 valence electrons. The Morgan fingerprint density at radius 1 is 1.43 bits per heavy atom. The summed E-state index contributed by atoms with van der Waals surface area (Å²) in [5, 5.41) is 0.657. The first-order chi connectivity index (χ1) is 6.43. The molecule has 2 unspecified atom stereocenters. The van der Waals surface area contributed by atoms with Crippen LogP contribution < -0.4 is 0 Å². The van der Waals surface area contributed by atoms with Crippen molar-refractivity contribution >= 4 is 34.2 Å². The Morgan fingerprint density at radius 3 is 2.36 bits per heavy atom. The Labute approximate surface area is 104 Å². The predicted octanol–water partition coefficient (Wildman–Crippen LogP) is 4.18. The lowest BCUT2D eigenvalue weighted by atomic mass is 10.0. The molecule has 0 spiro atoms. The van der Waals surface area contributed by atoms with Crippen molar-refractivity contribution in [1.29, 1.82) is 0 Å². The molecule has 0 saturated carbocycles. The molecular weight excluding hydrogens is 310 g/mol. The summed E-state index contributed by atoms with van der Waals surface area (Å²) in [4.78, 5) is 0. The molecule has 1 heterocycles.